The van der Waals surface area contributed by atoms with Crippen molar-refractivity contribution in [2.45, 2.75) is 71.4 Å². The van der Waals surface area contributed by atoms with Gasteiger partial charge in [-0.05, 0) is 33.6 Å². The maximum atomic E-state index is 11.8. The van der Waals surface area contributed by atoms with E-state index in [2.05, 4.69) is 5.32 Å². The van der Waals surface area contributed by atoms with Crippen molar-refractivity contribution in [3.8, 4) is 0 Å². The Bertz CT molecular complexity index is 239. The topological polar surface area (TPSA) is 38.3 Å². The van der Waals surface area contributed by atoms with Crippen LogP contribution in [0.4, 0.5) is 0 Å². The number of nitrogens with one attached hydrogen (secondary N) is 1. The van der Waals surface area contributed by atoms with Crippen molar-refractivity contribution >= 4 is 5.97 Å². The summed E-state index contributed by atoms with van der Waals surface area (Å²) in [6.07, 6.45) is 6.50. The Morgan fingerprint density at radius 1 is 1.29 bits per heavy atom. The fourth-order valence-corrected chi connectivity index (χ4v) is 2.14. The summed E-state index contributed by atoms with van der Waals surface area (Å²) in [6, 6.07) is 0.605. The monoisotopic (exact) mass is 241 g/mol. The van der Waals surface area contributed by atoms with E-state index in [1.807, 2.05) is 27.7 Å². The van der Waals surface area contributed by atoms with E-state index in [1.54, 1.807) is 0 Å². The molecule has 1 aliphatic rings. The van der Waals surface area contributed by atoms with Gasteiger partial charge in [0.2, 0.25) is 0 Å². The van der Waals surface area contributed by atoms with Crippen LogP contribution in [0.15, 0.2) is 0 Å². The first-order valence-corrected chi connectivity index (χ1v) is 6.85. The zero-order chi connectivity index (χ0) is 12.9. The minimum absolute atomic E-state index is 0.0591. The molecule has 0 amide bonds. The predicted molar refractivity (Wildman–Crippen MR) is 69.9 cm³/mol. The smallest absolute Gasteiger partial charge is 0.310 e. The van der Waals surface area contributed by atoms with Gasteiger partial charge in [-0.15, -0.1) is 0 Å². The Balaban J connectivity index is 2.23. The molecule has 0 aromatic rings. The molecule has 1 aliphatic carbocycles. The first-order valence-electron chi connectivity index (χ1n) is 6.85. The molecule has 0 aromatic heterocycles. The molecule has 1 N–H and O–H groups in total. The molecule has 1 saturated carbocycles. The second kappa shape index (κ2) is 6.39. The molecule has 0 radical (unpaired) electrons. The number of hydrogen-bond donors (Lipinski definition) is 1. The van der Waals surface area contributed by atoms with Crippen molar-refractivity contribution < 1.29 is 9.53 Å². The van der Waals surface area contributed by atoms with Crippen LogP contribution in [0.25, 0.3) is 0 Å². The summed E-state index contributed by atoms with van der Waals surface area (Å²) in [5.41, 5.74) is -0.379. The van der Waals surface area contributed by atoms with Gasteiger partial charge in [-0.1, -0.05) is 26.2 Å². The van der Waals surface area contributed by atoms with Crippen LogP contribution in [-0.2, 0) is 9.53 Å². The first-order chi connectivity index (χ1) is 7.88. The average molecular weight is 241 g/mol. The van der Waals surface area contributed by atoms with Gasteiger partial charge in [-0.2, -0.15) is 0 Å². The summed E-state index contributed by atoms with van der Waals surface area (Å²) < 4.78 is 5.36. The van der Waals surface area contributed by atoms with E-state index in [0.29, 0.717) is 6.04 Å². The predicted octanol–water partition coefficient (Wildman–Crippen LogP) is 2.89. The standard InChI is InChI=1S/C14H27NO2/c1-11(13(16)17-14(2,3)4)10-15-12-8-6-5-7-9-12/h11-12,15H,5-10H2,1-4H3. The Morgan fingerprint density at radius 2 is 1.88 bits per heavy atom. The number of esters is 1. The van der Waals surface area contributed by atoms with Crippen LogP contribution in [-0.4, -0.2) is 24.2 Å². The number of hydrogen-bond acceptors (Lipinski definition) is 3. The van der Waals surface area contributed by atoms with E-state index in [9.17, 15) is 4.79 Å². The second-order valence-corrected chi connectivity index (χ2v) is 6.18. The van der Waals surface area contributed by atoms with E-state index in [0.717, 1.165) is 6.54 Å². The molecule has 0 bridgehead atoms. The molecule has 0 heterocycles. The fraction of sp³-hybridized carbons (Fsp3) is 0.929. The lowest BCUT2D eigenvalue weighted by Gasteiger charge is -2.26. The van der Waals surface area contributed by atoms with Gasteiger partial charge >= 0.3 is 5.97 Å². The van der Waals surface area contributed by atoms with Crippen molar-refractivity contribution in [3.05, 3.63) is 0 Å². The van der Waals surface area contributed by atoms with Gasteiger partial charge in [0.15, 0.2) is 0 Å². The summed E-state index contributed by atoms with van der Waals surface area (Å²) in [5, 5.41) is 3.49. The Morgan fingerprint density at radius 3 is 2.41 bits per heavy atom. The third-order valence-electron chi connectivity index (χ3n) is 3.13. The largest absolute Gasteiger partial charge is 0.460 e. The van der Waals surface area contributed by atoms with Crippen LogP contribution in [0, 0.1) is 5.92 Å². The van der Waals surface area contributed by atoms with E-state index in [-0.39, 0.29) is 17.5 Å². The maximum Gasteiger partial charge on any atom is 0.310 e. The summed E-state index contributed by atoms with van der Waals surface area (Å²) >= 11 is 0. The molecule has 1 atom stereocenters. The van der Waals surface area contributed by atoms with Gasteiger partial charge in [0.1, 0.15) is 5.60 Å². The van der Waals surface area contributed by atoms with Crippen LogP contribution < -0.4 is 5.32 Å². The quantitative estimate of drug-likeness (QED) is 0.769. The van der Waals surface area contributed by atoms with Crippen molar-refractivity contribution in [2.75, 3.05) is 6.54 Å². The molecule has 3 heteroatoms. The SMILES string of the molecule is CC(CNC1CCCCC1)C(=O)OC(C)(C)C. The maximum absolute atomic E-state index is 11.8. The highest BCUT2D eigenvalue weighted by Gasteiger charge is 2.22. The third kappa shape index (κ3) is 6.06. The molecule has 0 aliphatic heterocycles. The highest BCUT2D eigenvalue weighted by molar-refractivity contribution is 5.72. The van der Waals surface area contributed by atoms with Crippen molar-refractivity contribution in [2.24, 2.45) is 5.92 Å². The van der Waals surface area contributed by atoms with Gasteiger partial charge in [0.25, 0.3) is 0 Å². The molecule has 1 fully saturated rings. The van der Waals surface area contributed by atoms with Crippen LogP contribution in [0.2, 0.25) is 0 Å². The summed E-state index contributed by atoms with van der Waals surface area (Å²) in [7, 11) is 0. The number of rotatable bonds is 4. The van der Waals surface area contributed by atoms with Gasteiger partial charge in [0, 0.05) is 12.6 Å². The van der Waals surface area contributed by atoms with Gasteiger partial charge in [-0.3, -0.25) is 4.79 Å². The summed E-state index contributed by atoms with van der Waals surface area (Å²) in [5.74, 6) is -0.156. The number of carbonyl (C=O) groups excluding carboxylic acids is 1. The minimum Gasteiger partial charge on any atom is -0.460 e. The van der Waals surface area contributed by atoms with Gasteiger partial charge < -0.3 is 10.1 Å². The number of ether oxygens (including phenoxy) is 1. The number of carbonyl (C=O) groups is 1. The first kappa shape index (κ1) is 14.5. The lowest BCUT2D eigenvalue weighted by atomic mass is 9.95. The van der Waals surface area contributed by atoms with Crippen LogP contribution in [0.3, 0.4) is 0 Å². The molecule has 1 rings (SSSR count). The Labute approximate surface area is 105 Å². The summed E-state index contributed by atoms with van der Waals surface area (Å²) in [6.45, 7) is 8.40. The summed E-state index contributed by atoms with van der Waals surface area (Å²) in [4.78, 5) is 11.8. The fourth-order valence-electron chi connectivity index (χ4n) is 2.14. The van der Waals surface area contributed by atoms with Crippen molar-refractivity contribution in [1.82, 2.24) is 5.32 Å². The highest BCUT2D eigenvalue weighted by Crippen LogP contribution is 2.18. The van der Waals surface area contributed by atoms with Crippen molar-refractivity contribution in [3.63, 3.8) is 0 Å². The molecule has 3 nitrogen and oxygen atoms in total. The molecule has 17 heavy (non-hydrogen) atoms. The van der Waals surface area contributed by atoms with Crippen LogP contribution >= 0.6 is 0 Å². The molecule has 0 spiro atoms. The third-order valence-corrected chi connectivity index (χ3v) is 3.13. The Kier molecular flexibility index (Phi) is 5.44. The van der Waals surface area contributed by atoms with E-state index < -0.39 is 0 Å². The lowest BCUT2D eigenvalue weighted by molar-refractivity contribution is -0.159. The molecule has 1 unspecified atom stereocenters. The molecular weight excluding hydrogens is 214 g/mol. The molecule has 100 valence electrons. The van der Waals surface area contributed by atoms with E-state index in [4.69, 9.17) is 4.74 Å². The molecular formula is C14H27NO2. The normalized spacial score (nSPS) is 20.0. The Hall–Kier alpha value is -0.570. The zero-order valence-electron chi connectivity index (χ0n) is 11.7. The van der Waals surface area contributed by atoms with Crippen molar-refractivity contribution in [1.29, 1.82) is 0 Å². The van der Waals surface area contributed by atoms with Crippen LogP contribution in [0.1, 0.15) is 59.8 Å². The van der Waals surface area contributed by atoms with E-state index >= 15 is 0 Å². The lowest BCUT2D eigenvalue weighted by Crippen LogP contribution is -2.38. The molecule has 0 saturated heterocycles. The van der Waals surface area contributed by atoms with Crippen LogP contribution in [0.5, 0.6) is 0 Å². The highest BCUT2D eigenvalue weighted by atomic mass is 16.6. The second-order valence-electron chi connectivity index (χ2n) is 6.18. The average Bonchev–Trinajstić information content (AvgIpc) is 2.25. The van der Waals surface area contributed by atoms with Gasteiger partial charge in [0.05, 0.1) is 5.92 Å². The zero-order valence-corrected chi connectivity index (χ0v) is 11.7. The molecule has 0 aromatic carbocycles. The minimum atomic E-state index is -0.379. The van der Waals surface area contributed by atoms with E-state index in [1.165, 1.54) is 32.1 Å². The van der Waals surface area contributed by atoms with Gasteiger partial charge in [-0.25, -0.2) is 0 Å².